The van der Waals surface area contributed by atoms with Gasteiger partial charge in [-0.15, -0.1) is 0 Å². The molecule has 0 fully saturated rings. The second-order valence-electron chi connectivity index (χ2n) is 4.49. The number of hydrogen-bond acceptors (Lipinski definition) is 4. The lowest BCUT2D eigenvalue weighted by molar-refractivity contribution is 0.262. The van der Waals surface area contributed by atoms with E-state index in [1.54, 1.807) is 31.2 Å². The van der Waals surface area contributed by atoms with E-state index in [0.29, 0.717) is 16.4 Å². The van der Waals surface area contributed by atoms with Crippen LogP contribution in [0.4, 0.5) is 16.2 Å². The number of rotatable bonds is 2. The third-order valence-corrected chi connectivity index (χ3v) is 3.21. The van der Waals surface area contributed by atoms with Crippen LogP contribution in [0, 0.1) is 6.92 Å². The van der Waals surface area contributed by atoms with E-state index < -0.39 is 11.6 Å². The summed E-state index contributed by atoms with van der Waals surface area (Å²) in [5, 5.41) is 8.29. The van der Waals surface area contributed by atoms with Gasteiger partial charge in [0.25, 0.3) is 11.3 Å². The summed E-state index contributed by atoms with van der Waals surface area (Å²) in [6.45, 7) is 1.62. The molecule has 8 nitrogen and oxygen atoms in total. The quantitative estimate of drug-likeness (QED) is 0.672. The van der Waals surface area contributed by atoms with Crippen LogP contribution in [0.5, 0.6) is 0 Å². The molecule has 9 heteroatoms. The summed E-state index contributed by atoms with van der Waals surface area (Å²) in [6.07, 6.45) is 1.35. The molecule has 2 aromatic heterocycles. The van der Waals surface area contributed by atoms with Crippen molar-refractivity contribution in [1.29, 1.82) is 0 Å². The van der Waals surface area contributed by atoms with Gasteiger partial charge in [-0.1, -0.05) is 11.6 Å². The Balaban J connectivity index is 1.85. The Labute approximate surface area is 129 Å². The number of nitrogens with one attached hydrogen (secondary N) is 3. The van der Waals surface area contributed by atoms with Crippen molar-refractivity contribution in [2.24, 2.45) is 0 Å². The smallest absolute Gasteiger partial charge is 0.308 e. The fourth-order valence-corrected chi connectivity index (χ4v) is 2.04. The number of carbonyl (C=O) groups is 1. The molecule has 0 spiro atoms. The van der Waals surface area contributed by atoms with Crippen molar-refractivity contribution in [3.63, 3.8) is 0 Å². The highest BCUT2D eigenvalue weighted by atomic mass is 35.5. The zero-order valence-electron chi connectivity index (χ0n) is 11.4. The fraction of sp³-hybridized carbons (Fsp3) is 0.0769. The third kappa shape index (κ3) is 2.63. The highest BCUT2D eigenvalue weighted by molar-refractivity contribution is 6.30. The minimum atomic E-state index is -0.552. The maximum absolute atomic E-state index is 12.2. The van der Waals surface area contributed by atoms with Crippen molar-refractivity contribution in [2.45, 2.75) is 6.92 Å². The van der Waals surface area contributed by atoms with Crippen LogP contribution < -0.4 is 16.2 Å². The SMILES string of the molecule is Cc1nc2nc[nH]n2c(=O)c1NC(=O)Nc1ccc(Cl)cc1. The molecular formula is C13H11ClN6O2. The van der Waals surface area contributed by atoms with Gasteiger partial charge >= 0.3 is 6.03 Å². The molecule has 0 aliphatic carbocycles. The minimum Gasteiger partial charge on any atom is -0.308 e. The first-order valence-corrected chi connectivity index (χ1v) is 6.69. The van der Waals surface area contributed by atoms with E-state index >= 15 is 0 Å². The molecule has 3 aromatic rings. The van der Waals surface area contributed by atoms with Gasteiger partial charge in [0, 0.05) is 10.7 Å². The van der Waals surface area contributed by atoms with E-state index in [9.17, 15) is 9.59 Å². The number of aromatic nitrogens is 4. The number of hydrogen-bond donors (Lipinski definition) is 3. The number of anilines is 2. The predicted molar refractivity (Wildman–Crippen MR) is 82.4 cm³/mol. The molecule has 0 unspecified atom stereocenters. The van der Waals surface area contributed by atoms with Crippen LogP contribution in [0.3, 0.4) is 0 Å². The van der Waals surface area contributed by atoms with Crippen LogP contribution in [0.1, 0.15) is 5.69 Å². The molecule has 22 heavy (non-hydrogen) atoms. The standard InChI is InChI=1S/C13H11ClN6O2/c1-7-10(11(21)20-12(17-7)15-6-16-20)19-13(22)18-9-4-2-8(14)3-5-9/h2-6H,1H3,(H,15,16,17)(H2,18,19,22). The van der Waals surface area contributed by atoms with Crippen molar-refractivity contribution in [3.8, 4) is 0 Å². The highest BCUT2D eigenvalue weighted by Crippen LogP contribution is 2.14. The van der Waals surface area contributed by atoms with Gasteiger partial charge in [0.15, 0.2) is 0 Å². The Morgan fingerprint density at radius 1 is 1.27 bits per heavy atom. The van der Waals surface area contributed by atoms with Gasteiger partial charge in [0.1, 0.15) is 12.0 Å². The second kappa shape index (κ2) is 5.49. The van der Waals surface area contributed by atoms with Crippen molar-refractivity contribution in [1.82, 2.24) is 19.6 Å². The summed E-state index contributed by atoms with van der Waals surface area (Å²) in [4.78, 5) is 32.2. The van der Waals surface area contributed by atoms with E-state index in [4.69, 9.17) is 11.6 Å². The van der Waals surface area contributed by atoms with E-state index in [-0.39, 0.29) is 11.5 Å². The maximum atomic E-state index is 12.2. The van der Waals surface area contributed by atoms with Crippen molar-refractivity contribution in [3.05, 3.63) is 51.7 Å². The molecule has 0 saturated heterocycles. The molecule has 2 amide bonds. The van der Waals surface area contributed by atoms with Gasteiger partial charge in [0.05, 0.1) is 5.69 Å². The topological polar surface area (TPSA) is 104 Å². The van der Waals surface area contributed by atoms with Gasteiger partial charge in [-0.3, -0.25) is 9.89 Å². The van der Waals surface area contributed by atoms with Crippen LogP contribution in [0.15, 0.2) is 35.4 Å². The second-order valence-corrected chi connectivity index (χ2v) is 4.92. The number of halogens is 1. The van der Waals surface area contributed by atoms with E-state index in [1.165, 1.54) is 6.33 Å². The lowest BCUT2D eigenvalue weighted by Gasteiger charge is -2.09. The molecule has 0 aliphatic heterocycles. The largest absolute Gasteiger partial charge is 0.323 e. The number of fused-ring (bicyclic) bond motifs is 1. The van der Waals surface area contributed by atoms with Gasteiger partial charge in [0.2, 0.25) is 0 Å². The first-order valence-electron chi connectivity index (χ1n) is 6.31. The molecule has 3 N–H and O–H groups in total. The lowest BCUT2D eigenvalue weighted by Crippen LogP contribution is -2.28. The Kier molecular flexibility index (Phi) is 3.51. The molecule has 0 atom stereocenters. The van der Waals surface area contributed by atoms with Gasteiger partial charge in [-0.25, -0.2) is 14.8 Å². The molecule has 2 heterocycles. The molecule has 0 radical (unpaired) electrons. The summed E-state index contributed by atoms with van der Waals surface area (Å²) in [5.74, 6) is 0.242. The summed E-state index contributed by atoms with van der Waals surface area (Å²) < 4.78 is 1.14. The summed E-state index contributed by atoms with van der Waals surface area (Å²) >= 11 is 5.77. The summed E-state index contributed by atoms with van der Waals surface area (Å²) in [5.41, 5.74) is 0.568. The average molecular weight is 319 g/mol. The first kappa shape index (κ1) is 14.1. The monoisotopic (exact) mass is 318 g/mol. The van der Waals surface area contributed by atoms with Gasteiger partial charge in [-0.05, 0) is 31.2 Å². The zero-order valence-corrected chi connectivity index (χ0v) is 12.2. The maximum Gasteiger partial charge on any atom is 0.323 e. The first-order chi connectivity index (χ1) is 10.5. The van der Waals surface area contributed by atoms with Crippen molar-refractivity contribution >= 4 is 34.8 Å². The number of H-pyrrole nitrogens is 1. The molecular weight excluding hydrogens is 308 g/mol. The predicted octanol–water partition coefficient (Wildman–Crippen LogP) is 2.02. The number of amides is 2. The third-order valence-electron chi connectivity index (χ3n) is 2.95. The summed E-state index contributed by atoms with van der Waals surface area (Å²) in [7, 11) is 0. The van der Waals surface area contributed by atoms with Crippen molar-refractivity contribution in [2.75, 3.05) is 10.6 Å². The summed E-state index contributed by atoms with van der Waals surface area (Å²) in [6, 6.07) is 6.05. The highest BCUT2D eigenvalue weighted by Gasteiger charge is 2.13. The van der Waals surface area contributed by atoms with E-state index in [1.807, 2.05) is 0 Å². The number of nitrogens with zero attached hydrogens (tertiary/aromatic N) is 3. The van der Waals surface area contributed by atoms with Gasteiger partial charge in [-0.2, -0.15) is 4.52 Å². The Hall–Kier alpha value is -2.87. The molecule has 0 saturated carbocycles. The lowest BCUT2D eigenvalue weighted by atomic mass is 10.3. The van der Waals surface area contributed by atoms with Crippen LogP contribution in [-0.2, 0) is 0 Å². The van der Waals surface area contributed by atoms with E-state index in [2.05, 4.69) is 25.7 Å². The van der Waals surface area contributed by atoms with Gasteiger partial charge < -0.3 is 10.6 Å². The van der Waals surface area contributed by atoms with Crippen LogP contribution in [0.2, 0.25) is 5.02 Å². The zero-order chi connectivity index (χ0) is 15.7. The molecule has 112 valence electrons. The number of carbonyl (C=O) groups excluding carboxylic acids is 1. The Bertz CT molecular complexity index is 899. The van der Waals surface area contributed by atoms with Crippen molar-refractivity contribution < 1.29 is 4.79 Å². The number of benzene rings is 1. The minimum absolute atomic E-state index is 0.0770. The Morgan fingerprint density at radius 2 is 2.00 bits per heavy atom. The normalized spacial score (nSPS) is 10.6. The molecule has 3 rings (SSSR count). The van der Waals surface area contributed by atoms with Crippen LogP contribution in [-0.4, -0.2) is 25.6 Å². The average Bonchev–Trinajstić information content (AvgIpc) is 2.94. The molecule has 1 aromatic carbocycles. The number of urea groups is 1. The number of aromatic amines is 1. The van der Waals surface area contributed by atoms with E-state index in [0.717, 1.165) is 4.52 Å². The van der Waals surface area contributed by atoms with Crippen LogP contribution in [0.25, 0.3) is 5.78 Å². The fourth-order valence-electron chi connectivity index (χ4n) is 1.91. The van der Waals surface area contributed by atoms with Crippen LogP contribution >= 0.6 is 11.6 Å². The molecule has 0 aliphatic rings. The number of aryl methyl sites for hydroxylation is 1. The molecule has 0 bridgehead atoms. The Morgan fingerprint density at radius 3 is 2.73 bits per heavy atom.